The van der Waals surface area contributed by atoms with Gasteiger partial charge in [-0.3, -0.25) is 9.69 Å². The minimum Gasteiger partial charge on any atom is -0.352 e. The average Bonchev–Trinajstić information content (AvgIpc) is 2.50. The van der Waals surface area contributed by atoms with Crippen LogP contribution < -0.4 is 5.32 Å². The summed E-state index contributed by atoms with van der Waals surface area (Å²) < 4.78 is 22.9. The van der Waals surface area contributed by atoms with Crippen molar-refractivity contribution in [3.63, 3.8) is 0 Å². The maximum absolute atomic E-state index is 12.7. The quantitative estimate of drug-likeness (QED) is 0.888. The second kappa shape index (κ2) is 7.24. The Morgan fingerprint density at radius 3 is 2.41 bits per heavy atom. The third-order valence-electron chi connectivity index (χ3n) is 4.20. The van der Waals surface area contributed by atoms with Crippen molar-refractivity contribution in [1.82, 2.24) is 10.2 Å². The van der Waals surface area contributed by atoms with Crippen LogP contribution in [0.3, 0.4) is 0 Å². The summed E-state index contributed by atoms with van der Waals surface area (Å²) in [7, 11) is -0.987. The topological polar surface area (TPSA) is 66.5 Å². The van der Waals surface area contributed by atoms with E-state index < -0.39 is 9.84 Å². The maximum Gasteiger partial charge on any atom is 0.242 e. The van der Waals surface area contributed by atoms with Crippen LogP contribution in [0.2, 0.25) is 0 Å². The Morgan fingerprint density at radius 2 is 1.86 bits per heavy atom. The van der Waals surface area contributed by atoms with Crippen LogP contribution in [-0.2, 0) is 14.6 Å². The standard InChI is InChI=1S/C16H24N2O3S/c1-3-18(2)15(13-7-5-4-6-8-13)16(19)17-14-9-11-22(20,21)12-10-14/h4-8,14-15H,3,9-12H2,1-2H3,(H,17,19). The van der Waals surface area contributed by atoms with Gasteiger partial charge in [-0.15, -0.1) is 0 Å². The lowest BCUT2D eigenvalue weighted by Gasteiger charge is -2.30. The average molecular weight is 324 g/mol. The highest BCUT2D eigenvalue weighted by Gasteiger charge is 2.29. The molecule has 1 aliphatic rings. The third kappa shape index (κ3) is 4.30. The summed E-state index contributed by atoms with van der Waals surface area (Å²) in [5, 5.41) is 3.03. The van der Waals surface area contributed by atoms with Crippen LogP contribution in [0.15, 0.2) is 30.3 Å². The minimum atomic E-state index is -2.91. The lowest BCUT2D eigenvalue weighted by Crippen LogP contribution is -2.46. The van der Waals surface area contributed by atoms with Gasteiger partial charge >= 0.3 is 0 Å². The highest BCUT2D eigenvalue weighted by atomic mass is 32.2. The van der Waals surface area contributed by atoms with E-state index >= 15 is 0 Å². The number of nitrogens with one attached hydrogen (secondary N) is 1. The first-order valence-electron chi connectivity index (χ1n) is 7.69. The molecule has 1 aromatic rings. The molecule has 122 valence electrons. The molecule has 1 unspecified atom stereocenters. The molecular formula is C16H24N2O3S. The predicted molar refractivity (Wildman–Crippen MR) is 87.3 cm³/mol. The number of benzene rings is 1. The number of hydrogen-bond donors (Lipinski definition) is 1. The van der Waals surface area contributed by atoms with E-state index in [0.29, 0.717) is 12.8 Å². The summed E-state index contributed by atoms with van der Waals surface area (Å²) >= 11 is 0. The summed E-state index contributed by atoms with van der Waals surface area (Å²) in [5.41, 5.74) is 0.952. The van der Waals surface area contributed by atoms with Crippen LogP contribution in [0.5, 0.6) is 0 Å². The zero-order valence-electron chi connectivity index (χ0n) is 13.2. The molecule has 1 N–H and O–H groups in total. The van der Waals surface area contributed by atoms with Gasteiger partial charge in [-0.1, -0.05) is 37.3 Å². The molecule has 0 bridgehead atoms. The van der Waals surface area contributed by atoms with Gasteiger partial charge in [-0.05, 0) is 32.0 Å². The fourth-order valence-electron chi connectivity index (χ4n) is 2.74. The SMILES string of the molecule is CCN(C)C(C(=O)NC1CCS(=O)(=O)CC1)c1ccccc1. The van der Waals surface area contributed by atoms with Gasteiger partial charge in [0.1, 0.15) is 15.9 Å². The van der Waals surface area contributed by atoms with Crippen LogP contribution in [0.4, 0.5) is 0 Å². The van der Waals surface area contributed by atoms with Crippen molar-refractivity contribution in [2.75, 3.05) is 25.1 Å². The zero-order chi connectivity index (χ0) is 16.2. The van der Waals surface area contributed by atoms with Crippen molar-refractivity contribution in [1.29, 1.82) is 0 Å². The van der Waals surface area contributed by atoms with Gasteiger partial charge in [0.25, 0.3) is 0 Å². The number of hydrogen-bond acceptors (Lipinski definition) is 4. The molecule has 1 aromatic carbocycles. The van der Waals surface area contributed by atoms with E-state index in [1.165, 1.54) is 0 Å². The summed E-state index contributed by atoms with van der Waals surface area (Å²) in [5.74, 6) is 0.273. The van der Waals surface area contributed by atoms with E-state index in [4.69, 9.17) is 0 Å². The molecule has 2 rings (SSSR count). The first-order chi connectivity index (χ1) is 10.4. The van der Waals surface area contributed by atoms with Crippen molar-refractivity contribution in [3.8, 4) is 0 Å². The van der Waals surface area contributed by atoms with Crippen molar-refractivity contribution in [3.05, 3.63) is 35.9 Å². The summed E-state index contributed by atoms with van der Waals surface area (Å²) in [6.45, 7) is 2.77. The number of likely N-dealkylation sites (N-methyl/N-ethyl adjacent to an activating group) is 1. The Morgan fingerprint density at radius 1 is 1.27 bits per heavy atom. The molecule has 1 aliphatic heterocycles. The molecule has 0 aromatic heterocycles. The van der Waals surface area contributed by atoms with Crippen molar-refractivity contribution >= 4 is 15.7 Å². The largest absolute Gasteiger partial charge is 0.352 e. The molecule has 0 aliphatic carbocycles. The second-order valence-electron chi connectivity index (χ2n) is 5.82. The molecule has 1 amide bonds. The summed E-state index contributed by atoms with van der Waals surface area (Å²) in [4.78, 5) is 14.7. The molecule has 0 saturated carbocycles. The molecule has 6 heteroatoms. The van der Waals surface area contributed by atoms with Gasteiger partial charge in [0, 0.05) is 6.04 Å². The van der Waals surface area contributed by atoms with E-state index in [9.17, 15) is 13.2 Å². The normalized spacial score (nSPS) is 19.8. The molecule has 22 heavy (non-hydrogen) atoms. The molecule has 1 fully saturated rings. The predicted octanol–water partition coefficient (Wildman–Crippen LogP) is 1.37. The van der Waals surface area contributed by atoms with Crippen LogP contribution in [0, 0.1) is 0 Å². The van der Waals surface area contributed by atoms with Crippen LogP contribution >= 0.6 is 0 Å². The van der Waals surface area contributed by atoms with Crippen molar-refractivity contribution in [2.24, 2.45) is 0 Å². The molecule has 1 atom stereocenters. The maximum atomic E-state index is 12.7. The number of sulfone groups is 1. The van der Waals surface area contributed by atoms with Gasteiger partial charge in [-0.25, -0.2) is 8.42 Å². The van der Waals surface area contributed by atoms with Crippen LogP contribution in [0.1, 0.15) is 31.4 Å². The van der Waals surface area contributed by atoms with Crippen LogP contribution in [-0.4, -0.2) is 50.4 Å². The summed E-state index contributed by atoms with van der Waals surface area (Å²) in [6, 6.07) is 9.27. The zero-order valence-corrected chi connectivity index (χ0v) is 14.0. The highest BCUT2D eigenvalue weighted by Crippen LogP contribution is 2.21. The van der Waals surface area contributed by atoms with Gasteiger partial charge in [0.05, 0.1) is 11.5 Å². The van der Waals surface area contributed by atoms with Crippen molar-refractivity contribution < 1.29 is 13.2 Å². The smallest absolute Gasteiger partial charge is 0.242 e. The third-order valence-corrected chi connectivity index (χ3v) is 5.92. The number of amides is 1. The number of nitrogens with zero attached hydrogens (tertiary/aromatic N) is 1. The Hall–Kier alpha value is -1.40. The molecule has 0 radical (unpaired) electrons. The first kappa shape index (κ1) is 17.0. The van der Waals surface area contributed by atoms with Gasteiger partial charge < -0.3 is 5.32 Å². The molecule has 1 heterocycles. The van der Waals surface area contributed by atoms with Gasteiger partial charge in [0.15, 0.2) is 0 Å². The minimum absolute atomic E-state index is 0.0486. The van der Waals surface area contributed by atoms with E-state index in [1.54, 1.807) is 0 Å². The Balaban J connectivity index is 2.07. The Kier molecular flexibility index (Phi) is 5.58. The molecule has 1 saturated heterocycles. The monoisotopic (exact) mass is 324 g/mol. The van der Waals surface area contributed by atoms with E-state index in [1.807, 2.05) is 49.2 Å². The fraction of sp³-hybridized carbons (Fsp3) is 0.562. The lowest BCUT2D eigenvalue weighted by molar-refractivity contribution is -0.127. The lowest BCUT2D eigenvalue weighted by atomic mass is 10.0. The van der Waals surface area contributed by atoms with E-state index in [2.05, 4.69) is 5.32 Å². The first-order valence-corrected chi connectivity index (χ1v) is 9.51. The van der Waals surface area contributed by atoms with E-state index in [0.717, 1.165) is 12.1 Å². The molecule has 5 nitrogen and oxygen atoms in total. The fourth-order valence-corrected chi connectivity index (χ4v) is 4.23. The highest BCUT2D eigenvalue weighted by molar-refractivity contribution is 7.91. The molecule has 0 spiro atoms. The molecular weight excluding hydrogens is 300 g/mol. The Bertz CT molecular complexity index is 587. The van der Waals surface area contributed by atoms with E-state index in [-0.39, 0.29) is 29.5 Å². The van der Waals surface area contributed by atoms with Crippen LogP contribution in [0.25, 0.3) is 0 Å². The summed E-state index contributed by atoms with van der Waals surface area (Å²) in [6.07, 6.45) is 1.01. The second-order valence-corrected chi connectivity index (χ2v) is 8.12. The Labute approximate surface area is 132 Å². The van der Waals surface area contributed by atoms with Crippen molar-refractivity contribution in [2.45, 2.75) is 31.8 Å². The number of rotatable bonds is 5. The van der Waals surface area contributed by atoms with Gasteiger partial charge in [0.2, 0.25) is 5.91 Å². The van der Waals surface area contributed by atoms with Gasteiger partial charge in [-0.2, -0.15) is 0 Å². The number of carbonyl (C=O) groups excluding carboxylic acids is 1. The number of carbonyl (C=O) groups is 1.